The summed E-state index contributed by atoms with van der Waals surface area (Å²) in [5.41, 5.74) is 0.927. The van der Waals surface area contributed by atoms with E-state index < -0.39 is 0 Å². The standard InChI is InChI=1S/C22H37N5O/c1-23-22(24-13-8-14-25(2)19-9-4-3-5-10-19)27-17-15-26(16-18-27)20-11-6-7-12-21(20)28/h6-7,11-12,19,28H,3-5,8-10,13-18H2,1-2H3,(H,23,24). The second-order valence-corrected chi connectivity index (χ2v) is 8.06. The summed E-state index contributed by atoms with van der Waals surface area (Å²) in [6.45, 7) is 5.72. The third-order valence-corrected chi connectivity index (χ3v) is 6.18. The molecule has 0 amide bonds. The van der Waals surface area contributed by atoms with Crippen molar-refractivity contribution in [2.45, 2.75) is 44.6 Å². The molecule has 0 radical (unpaired) electrons. The number of phenolic OH excluding ortho intramolecular Hbond substituents is 1. The molecular weight excluding hydrogens is 350 g/mol. The van der Waals surface area contributed by atoms with Crippen LogP contribution in [-0.4, -0.2) is 80.3 Å². The number of nitrogens with one attached hydrogen (secondary N) is 1. The molecule has 0 atom stereocenters. The van der Waals surface area contributed by atoms with Crippen molar-refractivity contribution < 1.29 is 5.11 Å². The lowest BCUT2D eigenvalue weighted by Gasteiger charge is -2.38. The van der Waals surface area contributed by atoms with Gasteiger partial charge in [-0.2, -0.15) is 0 Å². The predicted octanol–water partition coefficient (Wildman–Crippen LogP) is 2.74. The number of aliphatic imine (C=N–C) groups is 1. The minimum atomic E-state index is 0.362. The quantitative estimate of drug-likeness (QED) is 0.447. The molecule has 0 unspecified atom stereocenters. The van der Waals surface area contributed by atoms with Gasteiger partial charge in [0.05, 0.1) is 5.69 Å². The van der Waals surface area contributed by atoms with E-state index in [9.17, 15) is 5.11 Å². The molecule has 156 valence electrons. The van der Waals surface area contributed by atoms with E-state index >= 15 is 0 Å². The first-order chi connectivity index (χ1) is 13.7. The highest BCUT2D eigenvalue weighted by Gasteiger charge is 2.21. The molecule has 2 aliphatic rings. The molecule has 1 heterocycles. The van der Waals surface area contributed by atoms with E-state index in [0.29, 0.717) is 5.75 Å². The summed E-state index contributed by atoms with van der Waals surface area (Å²) < 4.78 is 0. The van der Waals surface area contributed by atoms with Crippen molar-refractivity contribution in [1.82, 2.24) is 15.1 Å². The van der Waals surface area contributed by atoms with Crippen molar-refractivity contribution in [3.8, 4) is 5.75 Å². The van der Waals surface area contributed by atoms with Gasteiger partial charge in [0, 0.05) is 45.8 Å². The number of hydrogen-bond donors (Lipinski definition) is 2. The zero-order valence-electron chi connectivity index (χ0n) is 17.6. The number of rotatable bonds is 6. The van der Waals surface area contributed by atoms with Gasteiger partial charge in [0.1, 0.15) is 5.75 Å². The van der Waals surface area contributed by atoms with Crippen molar-refractivity contribution in [1.29, 1.82) is 0 Å². The lowest BCUT2D eigenvalue weighted by atomic mass is 9.94. The number of phenols is 1. The summed E-state index contributed by atoms with van der Waals surface area (Å²) in [7, 11) is 4.15. The Balaban J connectivity index is 1.38. The first-order valence-corrected chi connectivity index (χ1v) is 10.9. The maximum absolute atomic E-state index is 10.1. The van der Waals surface area contributed by atoms with Crippen LogP contribution < -0.4 is 10.2 Å². The van der Waals surface area contributed by atoms with Gasteiger partial charge in [-0.3, -0.25) is 4.99 Å². The highest BCUT2D eigenvalue weighted by molar-refractivity contribution is 5.80. The number of guanidine groups is 1. The second-order valence-electron chi connectivity index (χ2n) is 8.06. The third kappa shape index (κ3) is 5.53. The van der Waals surface area contributed by atoms with Gasteiger partial charge in [-0.05, 0) is 45.0 Å². The minimum absolute atomic E-state index is 0.362. The van der Waals surface area contributed by atoms with E-state index in [1.165, 1.54) is 32.1 Å². The summed E-state index contributed by atoms with van der Waals surface area (Å²) in [6, 6.07) is 8.38. The van der Waals surface area contributed by atoms with Crippen LogP contribution in [0.15, 0.2) is 29.3 Å². The van der Waals surface area contributed by atoms with Gasteiger partial charge in [0.25, 0.3) is 0 Å². The van der Waals surface area contributed by atoms with Crippen molar-refractivity contribution in [2.24, 2.45) is 4.99 Å². The maximum Gasteiger partial charge on any atom is 0.193 e. The van der Waals surface area contributed by atoms with Crippen LogP contribution in [0, 0.1) is 0 Å². The van der Waals surface area contributed by atoms with E-state index in [1.807, 2.05) is 25.2 Å². The fourth-order valence-electron chi connectivity index (χ4n) is 4.46. The molecule has 1 saturated heterocycles. The molecule has 2 N–H and O–H groups in total. The number of anilines is 1. The van der Waals surface area contributed by atoms with E-state index in [2.05, 4.69) is 32.1 Å². The molecule has 1 aliphatic heterocycles. The van der Waals surface area contributed by atoms with Gasteiger partial charge in [-0.25, -0.2) is 0 Å². The molecule has 0 bridgehead atoms. The van der Waals surface area contributed by atoms with E-state index in [4.69, 9.17) is 0 Å². The van der Waals surface area contributed by atoms with Crippen LogP contribution >= 0.6 is 0 Å². The molecule has 1 aliphatic carbocycles. The maximum atomic E-state index is 10.1. The Morgan fingerprint density at radius 1 is 1.14 bits per heavy atom. The fourth-order valence-corrected chi connectivity index (χ4v) is 4.46. The van der Waals surface area contributed by atoms with Crippen LogP contribution in [-0.2, 0) is 0 Å². The van der Waals surface area contributed by atoms with Crippen LogP contribution in [0.3, 0.4) is 0 Å². The van der Waals surface area contributed by atoms with Gasteiger partial charge < -0.3 is 25.1 Å². The SMILES string of the molecule is CN=C(NCCCN(C)C1CCCCC1)N1CCN(c2ccccc2O)CC1. The Bertz CT molecular complexity index is 621. The summed E-state index contributed by atoms with van der Waals surface area (Å²) in [5, 5.41) is 13.6. The van der Waals surface area contributed by atoms with Crippen LogP contribution in [0.1, 0.15) is 38.5 Å². The Labute approximate surface area is 170 Å². The predicted molar refractivity (Wildman–Crippen MR) is 117 cm³/mol. The van der Waals surface area contributed by atoms with Gasteiger partial charge in [-0.15, -0.1) is 0 Å². The summed E-state index contributed by atoms with van der Waals surface area (Å²) in [6.07, 6.45) is 8.09. The molecule has 6 nitrogen and oxygen atoms in total. The number of benzene rings is 1. The van der Waals surface area contributed by atoms with Crippen molar-refractivity contribution >= 4 is 11.6 Å². The zero-order chi connectivity index (χ0) is 19.8. The smallest absolute Gasteiger partial charge is 0.193 e. The third-order valence-electron chi connectivity index (χ3n) is 6.18. The summed E-state index contributed by atoms with van der Waals surface area (Å²) in [4.78, 5) is 11.6. The average Bonchev–Trinajstić information content (AvgIpc) is 2.75. The molecule has 1 aromatic carbocycles. The average molecular weight is 388 g/mol. The molecule has 1 aromatic rings. The van der Waals surface area contributed by atoms with Gasteiger partial charge >= 0.3 is 0 Å². The normalized spacial score (nSPS) is 19.3. The number of aromatic hydroxyl groups is 1. The van der Waals surface area contributed by atoms with E-state index in [0.717, 1.165) is 63.4 Å². The van der Waals surface area contributed by atoms with Crippen LogP contribution in [0.2, 0.25) is 0 Å². The van der Waals surface area contributed by atoms with Gasteiger partial charge in [-0.1, -0.05) is 31.4 Å². The first kappa shape index (κ1) is 20.8. The van der Waals surface area contributed by atoms with Gasteiger partial charge in [0.2, 0.25) is 0 Å². The molecule has 1 saturated carbocycles. The number of hydrogen-bond acceptors (Lipinski definition) is 4. The second kappa shape index (κ2) is 10.6. The molecule has 0 aromatic heterocycles. The van der Waals surface area contributed by atoms with Gasteiger partial charge in [0.15, 0.2) is 5.96 Å². The Hall–Kier alpha value is -1.95. The molecule has 2 fully saturated rings. The van der Waals surface area contributed by atoms with E-state index in [-0.39, 0.29) is 0 Å². The van der Waals surface area contributed by atoms with E-state index in [1.54, 1.807) is 6.07 Å². The van der Waals surface area contributed by atoms with Crippen LogP contribution in [0.25, 0.3) is 0 Å². The van der Waals surface area contributed by atoms with Crippen LogP contribution in [0.4, 0.5) is 5.69 Å². The highest BCUT2D eigenvalue weighted by atomic mass is 16.3. The summed E-state index contributed by atoms with van der Waals surface area (Å²) in [5.74, 6) is 1.36. The minimum Gasteiger partial charge on any atom is -0.506 e. The molecule has 6 heteroatoms. The Morgan fingerprint density at radius 3 is 2.54 bits per heavy atom. The molecule has 3 rings (SSSR count). The Morgan fingerprint density at radius 2 is 1.86 bits per heavy atom. The topological polar surface area (TPSA) is 54.3 Å². The van der Waals surface area contributed by atoms with Crippen molar-refractivity contribution in [3.63, 3.8) is 0 Å². The van der Waals surface area contributed by atoms with Crippen LogP contribution in [0.5, 0.6) is 5.75 Å². The van der Waals surface area contributed by atoms with Crippen molar-refractivity contribution in [2.75, 3.05) is 58.3 Å². The molecular formula is C22H37N5O. The largest absolute Gasteiger partial charge is 0.506 e. The number of para-hydroxylation sites is 2. The zero-order valence-corrected chi connectivity index (χ0v) is 17.6. The van der Waals surface area contributed by atoms with Crippen molar-refractivity contribution in [3.05, 3.63) is 24.3 Å². The summed E-state index contributed by atoms with van der Waals surface area (Å²) >= 11 is 0. The Kier molecular flexibility index (Phi) is 7.83. The lowest BCUT2D eigenvalue weighted by molar-refractivity contribution is 0.190. The molecule has 0 spiro atoms. The fraction of sp³-hybridized carbons (Fsp3) is 0.682. The number of nitrogens with zero attached hydrogens (tertiary/aromatic N) is 4. The molecule has 28 heavy (non-hydrogen) atoms. The number of piperazine rings is 1. The highest BCUT2D eigenvalue weighted by Crippen LogP contribution is 2.27. The monoisotopic (exact) mass is 387 g/mol. The first-order valence-electron chi connectivity index (χ1n) is 10.9. The lowest BCUT2D eigenvalue weighted by Crippen LogP contribution is -2.52.